The molecule has 4 heteroatoms. The molecule has 1 aromatic heterocycles. The summed E-state index contributed by atoms with van der Waals surface area (Å²) in [7, 11) is 0. The van der Waals surface area contributed by atoms with Crippen molar-refractivity contribution in [2.45, 2.75) is 0 Å². The number of carbonyl (C=O) groups is 1. The molecule has 0 spiro atoms. The molecule has 2 rings (SSSR count). The molecule has 0 aliphatic heterocycles. The number of benzene rings is 1. The van der Waals surface area contributed by atoms with E-state index in [1.165, 1.54) is 12.3 Å². The van der Waals surface area contributed by atoms with Gasteiger partial charge in [-0.15, -0.1) is 0 Å². The van der Waals surface area contributed by atoms with Crippen molar-refractivity contribution in [2.24, 2.45) is 0 Å². The summed E-state index contributed by atoms with van der Waals surface area (Å²) < 4.78 is 9.81. The minimum absolute atomic E-state index is 0.167. The van der Waals surface area contributed by atoms with Crippen LogP contribution in [0.25, 0.3) is 0 Å². The first-order valence-electron chi connectivity index (χ1n) is 4.27. The molecule has 1 aromatic carbocycles. The van der Waals surface area contributed by atoms with E-state index in [2.05, 4.69) is 0 Å². The average molecular weight is 223 g/mol. The Morgan fingerprint density at radius 2 is 2.13 bits per heavy atom. The smallest absolute Gasteiger partial charge is 0.345 e. The van der Waals surface area contributed by atoms with Crippen LogP contribution < -0.4 is 4.74 Å². The Morgan fingerprint density at radius 3 is 2.80 bits per heavy atom. The van der Waals surface area contributed by atoms with Gasteiger partial charge in [0, 0.05) is 11.1 Å². The number of rotatable bonds is 2. The highest BCUT2D eigenvalue weighted by atomic mass is 35.5. The van der Waals surface area contributed by atoms with Crippen LogP contribution in [0.3, 0.4) is 0 Å². The SMILES string of the molecule is O=C(Oc1ccco1)c1cccc(Cl)c1. The maximum Gasteiger partial charge on any atom is 0.345 e. The Balaban J connectivity index is 2.15. The van der Waals surface area contributed by atoms with E-state index < -0.39 is 5.97 Å². The van der Waals surface area contributed by atoms with Crippen LogP contribution in [0.5, 0.6) is 5.95 Å². The van der Waals surface area contributed by atoms with Gasteiger partial charge in [0.1, 0.15) is 0 Å². The standard InChI is InChI=1S/C11H7ClO3/c12-9-4-1-3-8(7-9)11(13)15-10-5-2-6-14-10/h1-7H. The lowest BCUT2D eigenvalue weighted by Crippen LogP contribution is -2.07. The lowest BCUT2D eigenvalue weighted by atomic mass is 10.2. The van der Waals surface area contributed by atoms with Crippen LogP contribution in [0, 0.1) is 0 Å². The summed E-state index contributed by atoms with van der Waals surface area (Å²) in [6.07, 6.45) is 1.43. The van der Waals surface area contributed by atoms with Gasteiger partial charge < -0.3 is 9.15 Å². The summed E-state index contributed by atoms with van der Waals surface area (Å²) in [6.45, 7) is 0. The maximum atomic E-state index is 11.5. The summed E-state index contributed by atoms with van der Waals surface area (Å²) in [5.41, 5.74) is 0.388. The first-order chi connectivity index (χ1) is 7.25. The first-order valence-corrected chi connectivity index (χ1v) is 4.65. The molecule has 3 nitrogen and oxygen atoms in total. The van der Waals surface area contributed by atoms with E-state index in [1.807, 2.05) is 0 Å². The van der Waals surface area contributed by atoms with Gasteiger partial charge in [-0.05, 0) is 24.3 Å². The Bertz CT molecular complexity index is 462. The summed E-state index contributed by atoms with van der Waals surface area (Å²) in [4.78, 5) is 11.5. The molecule has 0 aliphatic carbocycles. The second-order valence-corrected chi connectivity index (χ2v) is 3.27. The van der Waals surface area contributed by atoms with Gasteiger partial charge >= 0.3 is 5.97 Å². The van der Waals surface area contributed by atoms with Crippen molar-refractivity contribution in [3.63, 3.8) is 0 Å². The summed E-state index contributed by atoms with van der Waals surface area (Å²) in [5.74, 6) is -0.326. The van der Waals surface area contributed by atoms with Crippen molar-refractivity contribution in [3.8, 4) is 5.95 Å². The molecule has 1 heterocycles. The van der Waals surface area contributed by atoms with Crippen LogP contribution in [0.4, 0.5) is 0 Å². The van der Waals surface area contributed by atoms with Crippen molar-refractivity contribution >= 4 is 17.6 Å². The molecule has 0 N–H and O–H groups in total. The predicted molar refractivity (Wildman–Crippen MR) is 55.1 cm³/mol. The zero-order valence-corrected chi connectivity index (χ0v) is 8.40. The fourth-order valence-electron chi connectivity index (χ4n) is 1.09. The predicted octanol–water partition coefficient (Wildman–Crippen LogP) is 3.15. The highest BCUT2D eigenvalue weighted by molar-refractivity contribution is 6.30. The Hall–Kier alpha value is -1.74. The van der Waals surface area contributed by atoms with E-state index in [4.69, 9.17) is 20.8 Å². The molecule has 0 radical (unpaired) electrons. The molecule has 76 valence electrons. The summed E-state index contributed by atoms with van der Waals surface area (Å²) in [6, 6.07) is 9.72. The van der Waals surface area contributed by atoms with Gasteiger partial charge in [0.2, 0.25) is 0 Å². The molecule has 0 atom stereocenters. The van der Waals surface area contributed by atoms with Crippen LogP contribution >= 0.6 is 11.6 Å². The molecule has 0 unspecified atom stereocenters. The van der Waals surface area contributed by atoms with E-state index in [0.29, 0.717) is 10.6 Å². The minimum atomic E-state index is -0.493. The topological polar surface area (TPSA) is 39.4 Å². The van der Waals surface area contributed by atoms with Gasteiger partial charge in [0.15, 0.2) is 0 Å². The van der Waals surface area contributed by atoms with Gasteiger partial charge in [0.05, 0.1) is 11.8 Å². The molecule has 2 aromatic rings. The number of hydrogen-bond donors (Lipinski definition) is 0. The molecule has 0 saturated heterocycles. The summed E-state index contributed by atoms with van der Waals surface area (Å²) in [5, 5.41) is 0.490. The van der Waals surface area contributed by atoms with Crippen LogP contribution in [-0.2, 0) is 0 Å². The number of esters is 1. The van der Waals surface area contributed by atoms with Crippen LogP contribution in [0.2, 0.25) is 5.02 Å². The third-order valence-corrected chi connectivity index (χ3v) is 1.98. The van der Waals surface area contributed by atoms with Gasteiger partial charge in [-0.3, -0.25) is 0 Å². The third kappa shape index (κ3) is 2.39. The monoisotopic (exact) mass is 222 g/mol. The van der Waals surface area contributed by atoms with Gasteiger partial charge in [-0.2, -0.15) is 0 Å². The van der Waals surface area contributed by atoms with Crippen molar-refractivity contribution in [1.29, 1.82) is 0 Å². The zero-order valence-electron chi connectivity index (χ0n) is 7.64. The van der Waals surface area contributed by atoms with Gasteiger partial charge in [0.25, 0.3) is 5.95 Å². The van der Waals surface area contributed by atoms with Crippen molar-refractivity contribution < 1.29 is 13.9 Å². The van der Waals surface area contributed by atoms with E-state index >= 15 is 0 Å². The Morgan fingerprint density at radius 1 is 1.27 bits per heavy atom. The number of ether oxygens (including phenoxy) is 1. The number of halogens is 1. The second-order valence-electron chi connectivity index (χ2n) is 2.83. The van der Waals surface area contributed by atoms with Gasteiger partial charge in [-0.1, -0.05) is 17.7 Å². The number of furan rings is 1. The molecular formula is C11H7ClO3. The normalized spacial score (nSPS) is 9.93. The van der Waals surface area contributed by atoms with E-state index in [0.717, 1.165) is 0 Å². The highest BCUT2D eigenvalue weighted by Gasteiger charge is 2.09. The largest absolute Gasteiger partial charge is 0.434 e. The van der Waals surface area contributed by atoms with Crippen molar-refractivity contribution in [3.05, 3.63) is 53.2 Å². The lowest BCUT2D eigenvalue weighted by molar-refractivity contribution is 0.0694. The lowest BCUT2D eigenvalue weighted by Gasteiger charge is -2.00. The molecule has 0 fully saturated rings. The van der Waals surface area contributed by atoms with Crippen molar-refractivity contribution in [1.82, 2.24) is 0 Å². The fourth-order valence-corrected chi connectivity index (χ4v) is 1.28. The van der Waals surface area contributed by atoms with Crippen LogP contribution in [-0.4, -0.2) is 5.97 Å². The highest BCUT2D eigenvalue weighted by Crippen LogP contribution is 2.15. The van der Waals surface area contributed by atoms with Crippen LogP contribution in [0.15, 0.2) is 47.1 Å². The average Bonchev–Trinajstić information content (AvgIpc) is 2.70. The molecule has 0 bridgehead atoms. The molecule has 15 heavy (non-hydrogen) atoms. The van der Waals surface area contributed by atoms with E-state index in [-0.39, 0.29) is 5.95 Å². The van der Waals surface area contributed by atoms with E-state index in [9.17, 15) is 4.79 Å². The van der Waals surface area contributed by atoms with Gasteiger partial charge in [-0.25, -0.2) is 4.79 Å². The number of hydrogen-bond acceptors (Lipinski definition) is 3. The Kier molecular flexibility index (Phi) is 2.74. The molecule has 0 saturated carbocycles. The quantitative estimate of drug-likeness (QED) is 0.733. The third-order valence-electron chi connectivity index (χ3n) is 1.75. The summed E-state index contributed by atoms with van der Waals surface area (Å²) >= 11 is 5.74. The first kappa shape index (κ1) is 9.80. The fraction of sp³-hybridized carbons (Fsp3) is 0. The molecular weight excluding hydrogens is 216 g/mol. The Labute approximate surface area is 91.2 Å². The van der Waals surface area contributed by atoms with Crippen molar-refractivity contribution in [2.75, 3.05) is 0 Å². The van der Waals surface area contributed by atoms with E-state index in [1.54, 1.807) is 30.3 Å². The molecule has 0 aliphatic rings. The molecule has 0 amide bonds. The maximum absolute atomic E-state index is 11.5. The zero-order chi connectivity index (χ0) is 10.7. The number of carbonyl (C=O) groups excluding carboxylic acids is 1. The second kappa shape index (κ2) is 4.19. The minimum Gasteiger partial charge on any atom is -0.434 e. The van der Waals surface area contributed by atoms with Crippen LogP contribution in [0.1, 0.15) is 10.4 Å².